The summed E-state index contributed by atoms with van der Waals surface area (Å²) in [5.74, 6) is 1.05. The number of nitrogens with zero attached hydrogens (tertiary/aromatic N) is 7. The molecule has 0 aromatic carbocycles. The van der Waals surface area contributed by atoms with Gasteiger partial charge in [0.05, 0.1) is 13.1 Å². The van der Waals surface area contributed by atoms with Crippen molar-refractivity contribution in [2.24, 2.45) is 7.05 Å². The zero-order valence-corrected chi connectivity index (χ0v) is 13.3. The van der Waals surface area contributed by atoms with Crippen molar-refractivity contribution in [2.45, 2.75) is 13.1 Å². The van der Waals surface area contributed by atoms with E-state index >= 15 is 0 Å². The number of carbonyl (C=O) groups is 1. The van der Waals surface area contributed by atoms with Crippen LogP contribution in [0.5, 0.6) is 0 Å². The van der Waals surface area contributed by atoms with Crippen LogP contribution in [0.3, 0.4) is 0 Å². The zero-order valence-electron chi connectivity index (χ0n) is 13.3. The van der Waals surface area contributed by atoms with E-state index in [1.807, 2.05) is 28.9 Å². The molecule has 2 aromatic heterocycles. The number of amides is 2. The lowest BCUT2D eigenvalue weighted by Crippen LogP contribution is -2.51. The Morgan fingerprint density at radius 1 is 1.30 bits per heavy atom. The predicted molar refractivity (Wildman–Crippen MR) is 83.5 cm³/mol. The first-order valence-corrected chi connectivity index (χ1v) is 7.76. The van der Waals surface area contributed by atoms with Gasteiger partial charge in [0.2, 0.25) is 0 Å². The van der Waals surface area contributed by atoms with Crippen LogP contribution in [-0.2, 0) is 20.1 Å². The lowest BCUT2D eigenvalue weighted by Gasteiger charge is -2.34. The number of carbonyl (C=O) groups excluding carboxylic acids is 1. The molecule has 1 saturated heterocycles. The first kappa shape index (κ1) is 15.5. The topological polar surface area (TPSA) is 84.1 Å². The van der Waals surface area contributed by atoms with Gasteiger partial charge in [0.15, 0.2) is 0 Å². The smallest absolute Gasteiger partial charge is 0.317 e. The van der Waals surface area contributed by atoms with Gasteiger partial charge in [-0.05, 0) is 0 Å². The van der Waals surface area contributed by atoms with E-state index in [1.165, 1.54) is 6.33 Å². The quantitative estimate of drug-likeness (QED) is 0.806. The number of imidazole rings is 1. The number of hydrogen-bond acceptors (Lipinski definition) is 5. The van der Waals surface area contributed by atoms with E-state index in [0.717, 1.165) is 38.5 Å². The second kappa shape index (κ2) is 7.23. The van der Waals surface area contributed by atoms with Gasteiger partial charge in [-0.1, -0.05) is 0 Å². The highest BCUT2D eigenvalue weighted by Crippen LogP contribution is 2.06. The molecule has 23 heavy (non-hydrogen) atoms. The molecule has 1 N–H and O–H groups in total. The third-order valence-corrected chi connectivity index (χ3v) is 4.03. The molecule has 9 nitrogen and oxygen atoms in total. The van der Waals surface area contributed by atoms with Crippen LogP contribution in [0.25, 0.3) is 0 Å². The molecule has 124 valence electrons. The maximum absolute atomic E-state index is 12.1. The summed E-state index contributed by atoms with van der Waals surface area (Å²) >= 11 is 0. The molecule has 3 rings (SSSR count). The molecule has 3 heterocycles. The van der Waals surface area contributed by atoms with Gasteiger partial charge in [-0.3, -0.25) is 9.58 Å². The molecule has 0 spiro atoms. The Kier molecular flexibility index (Phi) is 4.86. The van der Waals surface area contributed by atoms with Gasteiger partial charge in [0.1, 0.15) is 18.5 Å². The monoisotopic (exact) mass is 318 g/mol. The molecular weight excluding hydrogens is 296 g/mol. The van der Waals surface area contributed by atoms with Crippen molar-refractivity contribution in [1.82, 2.24) is 39.4 Å². The van der Waals surface area contributed by atoms with Crippen molar-refractivity contribution >= 4 is 6.03 Å². The number of aromatic nitrogens is 5. The maximum Gasteiger partial charge on any atom is 0.317 e. The molecule has 0 unspecified atom stereocenters. The molecule has 0 radical (unpaired) electrons. The first-order valence-electron chi connectivity index (χ1n) is 7.76. The fraction of sp³-hybridized carbons (Fsp3) is 0.571. The summed E-state index contributed by atoms with van der Waals surface area (Å²) in [6.07, 6.45) is 6.90. The number of hydrogen-bond donors (Lipinski definition) is 1. The van der Waals surface area contributed by atoms with Crippen LogP contribution < -0.4 is 5.32 Å². The summed E-state index contributed by atoms with van der Waals surface area (Å²) in [4.78, 5) is 24.5. The summed E-state index contributed by atoms with van der Waals surface area (Å²) in [7, 11) is 2.00. The molecule has 2 amide bonds. The van der Waals surface area contributed by atoms with Crippen LogP contribution in [-0.4, -0.2) is 72.9 Å². The molecular formula is C14H22N8O. The van der Waals surface area contributed by atoms with Crippen molar-refractivity contribution in [3.8, 4) is 0 Å². The summed E-state index contributed by atoms with van der Waals surface area (Å²) < 4.78 is 3.73. The predicted octanol–water partition coefficient (Wildman–Crippen LogP) is -0.461. The third kappa shape index (κ3) is 4.07. The lowest BCUT2D eigenvalue weighted by molar-refractivity contribution is 0.132. The van der Waals surface area contributed by atoms with Crippen LogP contribution in [0.2, 0.25) is 0 Å². The standard InChI is InChI=1S/C14H22N8O/c1-19-4-2-16-13(19)10-20-6-8-21(9-7-20)14(23)17-3-5-22-12-15-11-18-22/h2,4,11-12H,3,5-10H2,1H3,(H,17,23). The van der Waals surface area contributed by atoms with Crippen LogP contribution in [0.1, 0.15) is 5.82 Å². The van der Waals surface area contributed by atoms with Crippen molar-refractivity contribution in [3.05, 3.63) is 30.9 Å². The van der Waals surface area contributed by atoms with Crippen LogP contribution in [0.15, 0.2) is 25.0 Å². The second-order valence-corrected chi connectivity index (χ2v) is 5.61. The van der Waals surface area contributed by atoms with Crippen molar-refractivity contribution < 1.29 is 4.79 Å². The lowest BCUT2D eigenvalue weighted by atomic mass is 10.3. The molecule has 1 fully saturated rings. The highest BCUT2D eigenvalue weighted by molar-refractivity contribution is 5.74. The normalized spacial score (nSPS) is 15.8. The Morgan fingerprint density at radius 3 is 2.78 bits per heavy atom. The van der Waals surface area contributed by atoms with Gasteiger partial charge in [-0.25, -0.2) is 14.8 Å². The van der Waals surface area contributed by atoms with E-state index < -0.39 is 0 Å². The fourth-order valence-corrected chi connectivity index (χ4v) is 2.60. The largest absolute Gasteiger partial charge is 0.337 e. The van der Waals surface area contributed by atoms with E-state index in [2.05, 4.69) is 25.3 Å². The van der Waals surface area contributed by atoms with E-state index in [4.69, 9.17) is 0 Å². The van der Waals surface area contributed by atoms with E-state index in [9.17, 15) is 4.79 Å². The van der Waals surface area contributed by atoms with Gasteiger partial charge < -0.3 is 14.8 Å². The van der Waals surface area contributed by atoms with Crippen LogP contribution in [0.4, 0.5) is 4.79 Å². The average molecular weight is 318 g/mol. The number of urea groups is 1. The van der Waals surface area contributed by atoms with Gasteiger partial charge in [-0.2, -0.15) is 5.10 Å². The average Bonchev–Trinajstić information content (AvgIpc) is 3.21. The SMILES string of the molecule is Cn1ccnc1CN1CCN(C(=O)NCCn2cncn2)CC1. The van der Waals surface area contributed by atoms with Gasteiger partial charge >= 0.3 is 6.03 Å². The molecule has 2 aromatic rings. The molecule has 0 saturated carbocycles. The van der Waals surface area contributed by atoms with E-state index in [0.29, 0.717) is 13.1 Å². The minimum Gasteiger partial charge on any atom is -0.337 e. The van der Waals surface area contributed by atoms with Crippen molar-refractivity contribution in [3.63, 3.8) is 0 Å². The van der Waals surface area contributed by atoms with Crippen molar-refractivity contribution in [2.75, 3.05) is 32.7 Å². The first-order chi connectivity index (χ1) is 11.2. The minimum absolute atomic E-state index is 0.0123. The summed E-state index contributed by atoms with van der Waals surface area (Å²) in [6.45, 7) is 5.21. The van der Waals surface area contributed by atoms with E-state index in [-0.39, 0.29) is 6.03 Å². The Hall–Kier alpha value is -2.42. The summed E-state index contributed by atoms with van der Waals surface area (Å²) in [5, 5.41) is 6.93. The molecule has 0 bridgehead atoms. The van der Waals surface area contributed by atoms with Crippen molar-refractivity contribution in [1.29, 1.82) is 0 Å². The van der Waals surface area contributed by atoms with Gasteiger partial charge in [0, 0.05) is 52.2 Å². The molecule has 1 aliphatic rings. The number of piperazine rings is 1. The van der Waals surface area contributed by atoms with Gasteiger partial charge in [-0.15, -0.1) is 0 Å². The third-order valence-electron chi connectivity index (χ3n) is 4.03. The molecule has 1 aliphatic heterocycles. The highest BCUT2D eigenvalue weighted by atomic mass is 16.2. The summed E-state index contributed by atoms with van der Waals surface area (Å²) in [5.41, 5.74) is 0. The summed E-state index contributed by atoms with van der Waals surface area (Å²) in [6, 6.07) is -0.0123. The highest BCUT2D eigenvalue weighted by Gasteiger charge is 2.21. The maximum atomic E-state index is 12.1. The number of rotatable bonds is 5. The zero-order chi connectivity index (χ0) is 16.1. The minimum atomic E-state index is -0.0123. The van der Waals surface area contributed by atoms with Crippen LogP contribution in [0, 0.1) is 0 Å². The Balaban J connectivity index is 1.38. The molecule has 0 aliphatic carbocycles. The fourth-order valence-electron chi connectivity index (χ4n) is 2.60. The molecule has 0 atom stereocenters. The molecule has 9 heteroatoms. The number of nitrogens with one attached hydrogen (secondary N) is 1. The number of aryl methyl sites for hydroxylation is 1. The Bertz CT molecular complexity index is 615. The van der Waals surface area contributed by atoms with E-state index in [1.54, 1.807) is 11.0 Å². The van der Waals surface area contributed by atoms with Gasteiger partial charge in [0.25, 0.3) is 0 Å². The Labute approximate surface area is 134 Å². The second-order valence-electron chi connectivity index (χ2n) is 5.61. The van der Waals surface area contributed by atoms with Crippen LogP contribution >= 0.6 is 0 Å². The Morgan fingerprint density at radius 2 is 2.13 bits per heavy atom.